The number of fused-ring (bicyclic) bond motifs is 1. The molecule has 1 fully saturated rings. The maximum absolute atomic E-state index is 12.7. The van der Waals surface area contributed by atoms with Crippen molar-refractivity contribution in [2.45, 2.75) is 6.54 Å². The normalized spacial score (nSPS) is 15.5. The number of hydrogen-bond acceptors (Lipinski definition) is 5. The van der Waals surface area contributed by atoms with Gasteiger partial charge in [0, 0.05) is 55.5 Å². The second-order valence-electron chi connectivity index (χ2n) is 6.23. The quantitative estimate of drug-likeness (QED) is 0.691. The van der Waals surface area contributed by atoms with Gasteiger partial charge >= 0.3 is 0 Å². The molecule has 3 aromatic rings. The van der Waals surface area contributed by atoms with Gasteiger partial charge in [0.1, 0.15) is 5.56 Å². The Labute approximate surface area is 159 Å². The van der Waals surface area contributed by atoms with Gasteiger partial charge in [-0.2, -0.15) is 0 Å². The number of carbonyl (C=O) groups is 1. The molecule has 1 aliphatic rings. The lowest BCUT2D eigenvalue weighted by atomic mass is 10.2. The topological polar surface area (TPSA) is 57.9 Å². The number of halogens is 1. The molecule has 0 aliphatic carbocycles. The minimum atomic E-state index is -0.301. The fourth-order valence-electron chi connectivity index (χ4n) is 3.10. The zero-order valence-electron chi connectivity index (χ0n) is 14.0. The van der Waals surface area contributed by atoms with Gasteiger partial charge in [-0.15, -0.1) is 11.3 Å². The predicted molar refractivity (Wildman–Crippen MR) is 102 cm³/mol. The van der Waals surface area contributed by atoms with E-state index in [1.165, 1.54) is 27.5 Å². The summed E-state index contributed by atoms with van der Waals surface area (Å²) in [6.45, 7) is 3.55. The van der Waals surface area contributed by atoms with E-state index in [4.69, 9.17) is 11.6 Å². The van der Waals surface area contributed by atoms with Crippen LogP contribution in [0.4, 0.5) is 0 Å². The maximum Gasteiger partial charge on any atom is 0.271 e. The van der Waals surface area contributed by atoms with Crippen molar-refractivity contribution >= 4 is 33.8 Å². The van der Waals surface area contributed by atoms with Crippen LogP contribution in [0.1, 0.15) is 15.9 Å². The van der Waals surface area contributed by atoms with Crippen LogP contribution < -0.4 is 5.56 Å². The number of rotatable bonds is 3. The maximum atomic E-state index is 12.7. The third-order valence-corrected chi connectivity index (χ3v) is 5.57. The molecule has 3 heterocycles. The van der Waals surface area contributed by atoms with Crippen LogP contribution in [0.3, 0.4) is 0 Å². The van der Waals surface area contributed by atoms with Crippen molar-refractivity contribution in [3.05, 3.63) is 68.5 Å². The Balaban J connectivity index is 1.42. The Kier molecular flexibility index (Phi) is 4.76. The molecule has 0 spiro atoms. The molecule has 1 saturated heterocycles. The molecule has 0 bridgehead atoms. The summed E-state index contributed by atoms with van der Waals surface area (Å²) in [6, 6.07) is 7.81. The highest BCUT2D eigenvalue weighted by atomic mass is 35.5. The van der Waals surface area contributed by atoms with Crippen molar-refractivity contribution in [2.24, 2.45) is 0 Å². The van der Waals surface area contributed by atoms with Gasteiger partial charge in [-0.05, 0) is 17.7 Å². The highest BCUT2D eigenvalue weighted by Gasteiger charge is 2.24. The summed E-state index contributed by atoms with van der Waals surface area (Å²) in [4.78, 5) is 34.0. The summed E-state index contributed by atoms with van der Waals surface area (Å²) in [5.74, 6) is -0.241. The number of benzene rings is 1. The summed E-state index contributed by atoms with van der Waals surface area (Å²) >= 11 is 7.29. The molecule has 134 valence electrons. The van der Waals surface area contributed by atoms with E-state index in [0.717, 1.165) is 24.7 Å². The Bertz CT molecular complexity index is 990. The Hall–Kier alpha value is -2.22. The van der Waals surface area contributed by atoms with E-state index in [1.807, 2.05) is 24.3 Å². The van der Waals surface area contributed by atoms with Crippen molar-refractivity contribution in [3.63, 3.8) is 0 Å². The van der Waals surface area contributed by atoms with E-state index in [0.29, 0.717) is 18.1 Å². The van der Waals surface area contributed by atoms with E-state index in [-0.39, 0.29) is 17.0 Å². The van der Waals surface area contributed by atoms with Gasteiger partial charge in [-0.1, -0.05) is 23.7 Å². The second-order valence-corrected chi connectivity index (χ2v) is 7.54. The lowest BCUT2D eigenvalue weighted by Crippen LogP contribution is -2.49. The smallest absolute Gasteiger partial charge is 0.271 e. The average molecular weight is 389 g/mol. The largest absolute Gasteiger partial charge is 0.336 e. The zero-order valence-corrected chi connectivity index (χ0v) is 15.5. The Morgan fingerprint density at radius 2 is 1.88 bits per heavy atom. The number of carbonyl (C=O) groups excluding carboxylic acids is 1. The molecule has 0 atom stereocenters. The van der Waals surface area contributed by atoms with E-state index in [2.05, 4.69) is 9.88 Å². The molecule has 1 aromatic carbocycles. The van der Waals surface area contributed by atoms with Crippen molar-refractivity contribution in [1.29, 1.82) is 0 Å². The fourth-order valence-corrected chi connectivity index (χ4v) is 3.90. The average Bonchev–Trinajstić information content (AvgIpc) is 3.14. The molecule has 26 heavy (non-hydrogen) atoms. The first-order valence-electron chi connectivity index (χ1n) is 8.33. The zero-order chi connectivity index (χ0) is 18.1. The van der Waals surface area contributed by atoms with E-state index >= 15 is 0 Å². The summed E-state index contributed by atoms with van der Waals surface area (Å²) in [5, 5.41) is 2.51. The second kappa shape index (κ2) is 7.19. The molecule has 0 saturated carbocycles. The first-order valence-corrected chi connectivity index (χ1v) is 9.58. The highest BCUT2D eigenvalue weighted by Crippen LogP contribution is 2.14. The lowest BCUT2D eigenvalue weighted by molar-refractivity contribution is 0.0626. The van der Waals surface area contributed by atoms with Crippen LogP contribution in [0.25, 0.3) is 4.96 Å². The van der Waals surface area contributed by atoms with Crippen molar-refractivity contribution < 1.29 is 4.79 Å². The molecule has 1 amide bonds. The fraction of sp³-hybridized carbons (Fsp3) is 0.278. The number of piperazine rings is 1. The monoisotopic (exact) mass is 388 g/mol. The van der Waals surface area contributed by atoms with Crippen LogP contribution in [-0.4, -0.2) is 51.3 Å². The van der Waals surface area contributed by atoms with Gasteiger partial charge in [0.2, 0.25) is 0 Å². The van der Waals surface area contributed by atoms with Crippen LogP contribution >= 0.6 is 22.9 Å². The van der Waals surface area contributed by atoms with Crippen LogP contribution in [0.5, 0.6) is 0 Å². The summed E-state index contributed by atoms with van der Waals surface area (Å²) in [7, 11) is 0. The van der Waals surface area contributed by atoms with Gasteiger partial charge < -0.3 is 4.90 Å². The Morgan fingerprint density at radius 1 is 1.15 bits per heavy atom. The summed E-state index contributed by atoms with van der Waals surface area (Å²) < 4.78 is 1.43. The van der Waals surface area contributed by atoms with Gasteiger partial charge in [0.05, 0.1) is 0 Å². The SMILES string of the molecule is O=C(c1cnc2sccn2c1=O)N1CCN(Cc2ccc(Cl)cc2)CC1. The summed E-state index contributed by atoms with van der Waals surface area (Å²) in [5.41, 5.74) is 1.02. The standard InChI is InChI=1S/C18H17ClN4O2S/c19-14-3-1-13(2-4-14)12-21-5-7-22(8-6-21)16(24)15-11-20-18-23(17(15)25)9-10-26-18/h1-4,9-11H,5-8,12H2. The molecule has 2 aromatic heterocycles. The van der Waals surface area contributed by atoms with Gasteiger partial charge in [-0.3, -0.25) is 18.9 Å². The number of aromatic nitrogens is 2. The number of amides is 1. The molecule has 0 unspecified atom stereocenters. The molecular formula is C18H17ClN4O2S. The third-order valence-electron chi connectivity index (χ3n) is 4.55. The Morgan fingerprint density at radius 3 is 2.62 bits per heavy atom. The first-order chi connectivity index (χ1) is 12.6. The first kappa shape index (κ1) is 17.2. The van der Waals surface area contributed by atoms with Crippen LogP contribution in [-0.2, 0) is 6.54 Å². The minimum absolute atomic E-state index is 0.132. The van der Waals surface area contributed by atoms with Crippen molar-refractivity contribution in [2.75, 3.05) is 26.2 Å². The molecule has 8 heteroatoms. The molecule has 0 N–H and O–H groups in total. The van der Waals surface area contributed by atoms with Gasteiger partial charge in [0.25, 0.3) is 11.5 Å². The third kappa shape index (κ3) is 3.38. The predicted octanol–water partition coefficient (Wildman–Crippen LogP) is 2.37. The molecule has 0 radical (unpaired) electrons. The molecule has 6 nitrogen and oxygen atoms in total. The number of nitrogens with zero attached hydrogens (tertiary/aromatic N) is 4. The van der Waals surface area contributed by atoms with E-state index < -0.39 is 0 Å². The lowest BCUT2D eigenvalue weighted by Gasteiger charge is -2.34. The molecule has 4 rings (SSSR count). The van der Waals surface area contributed by atoms with E-state index in [1.54, 1.807) is 16.5 Å². The molecular weight excluding hydrogens is 372 g/mol. The van der Waals surface area contributed by atoms with Crippen molar-refractivity contribution in [3.8, 4) is 0 Å². The van der Waals surface area contributed by atoms with Crippen LogP contribution in [0, 0.1) is 0 Å². The van der Waals surface area contributed by atoms with Gasteiger partial charge in [-0.25, -0.2) is 4.98 Å². The number of hydrogen-bond donors (Lipinski definition) is 0. The minimum Gasteiger partial charge on any atom is -0.336 e. The van der Waals surface area contributed by atoms with E-state index in [9.17, 15) is 9.59 Å². The van der Waals surface area contributed by atoms with Crippen molar-refractivity contribution in [1.82, 2.24) is 19.2 Å². The van der Waals surface area contributed by atoms with Gasteiger partial charge in [0.15, 0.2) is 4.96 Å². The molecule has 1 aliphatic heterocycles. The summed E-state index contributed by atoms with van der Waals surface area (Å²) in [6.07, 6.45) is 3.05. The van der Waals surface area contributed by atoms with Crippen LogP contribution in [0.2, 0.25) is 5.02 Å². The highest BCUT2D eigenvalue weighted by molar-refractivity contribution is 7.15. The number of thiazole rings is 1. The van der Waals surface area contributed by atoms with Crippen LogP contribution in [0.15, 0.2) is 46.8 Å².